The number of nitrogen functional groups attached to an aromatic ring is 2. The van der Waals surface area contributed by atoms with Gasteiger partial charge in [0.25, 0.3) is 6.26 Å². The summed E-state index contributed by atoms with van der Waals surface area (Å²) in [5.41, 5.74) is 14.6. The highest BCUT2D eigenvalue weighted by atomic mass is 16.5. The summed E-state index contributed by atoms with van der Waals surface area (Å²) in [4.78, 5) is 24.0. The van der Waals surface area contributed by atoms with Gasteiger partial charge in [-0.3, -0.25) is 4.79 Å². The smallest absolute Gasteiger partial charge is 0.330 e. The standard InChI is InChI=1S/C27H25N3O6/c1-33-25-15-20(18-6-10-22(11-7-18)35-17-28)5-4-19(25)8-13-26(31)34-14-2-3-27(32)36-24-12-9-21(29)16-23(24)30/h4-13,15-16H,2-3,14,29-30H2,1H3/b13-8+. The Balaban J connectivity index is 1.49. The lowest BCUT2D eigenvalue weighted by Crippen LogP contribution is -2.11. The van der Waals surface area contributed by atoms with E-state index in [0.29, 0.717) is 29.2 Å². The minimum absolute atomic E-state index is 0.0527. The van der Waals surface area contributed by atoms with E-state index in [1.54, 1.807) is 30.5 Å². The number of carbonyl (C=O) groups excluding carboxylic acids is 2. The first-order valence-electron chi connectivity index (χ1n) is 10.9. The van der Waals surface area contributed by atoms with Gasteiger partial charge >= 0.3 is 11.9 Å². The van der Waals surface area contributed by atoms with Crippen molar-refractivity contribution >= 4 is 29.4 Å². The van der Waals surface area contributed by atoms with Gasteiger partial charge in [0.2, 0.25) is 0 Å². The van der Waals surface area contributed by atoms with Crippen LogP contribution >= 0.6 is 0 Å². The van der Waals surface area contributed by atoms with E-state index in [1.807, 2.05) is 30.3 Å². The molecule has 9 nitrogen and oxygen atoms in total. The Labute approximate surface area is 208 Å². The molecule has 0 aliphatic carbocycles. The highest BCUT2D eigenvalue weighted by Crippen LogP contribution is 2.29. The molecular weight excluding hydrogens is 462 g/mol. The van der Waals surface area contributed by atoms with Crippen LogP contribution in [0.4, 0.5) is 11.4 Å². The molecule has 0 aliphatic heterocycles. The highest BCUT2D eigenvalue weighted by Gasteiger charge is 2.09. The molecule has 0 saturated heterocycles. The van der Waals surface area contributed by atoms with Crippen LogP contribution in [0.1, 0.15) is 18.4 Å². The van der Waals surface area contributed by atoms with E-state index < -0.39 is 11.9 Å². The summed E-state index contributed by atoms with van der Waals surface area (Å²) < 4.78 is 20.6. The fraction of sp³-hybridized carbons (Fsp3) is 0.148. The highest BCUT2D eigenvalue weighted by molar-refractivity contribution is 5.88. The predicted molar refractivity (Wildman–Crippen MR) is 135 cm³/mol. The summed E-state index contributed by atoms with van der Waals surface area (Å²) >= 11 is 0. The number of rotatable bonds is 10. The molecular formula is C27H25N3O6. The van der Waals surface area contributed by atoms with Crippen molar-refractivity contribution < 1.29 is 28.5 Å². The van der Waals surface area contributed by atoms with E-state index in [9.17, 15) is 9.59 Å². The molecule has 3 aromatic rings. The van der Waals surface area contributed by atoms with Crippen LogP contribution in [0.15, 0.2) is 66.7 Å². The minimum Gasteiger partial charge on any atom is -0.496 e. The summed E-state index contributed by atoms with van der Waals surface area (Å²) in [5.74, 6) is 0.216. The minimum atomic E-state index is -0.551. The number of carbonyl (C=O) groups is 2. The van der Waals surface area contributed by atoms with Crippen molar-refractivity contribution in [2.75, 3.05) is 25.2 Å². The van der Waals surface area contributed by atoms with Crippen molar-refractivity contribution in [3.8, 4) is 34.6 Å². The van der Waals surface area contributed by atoms with Gasteiger partial charge in [-0.1, -0.05) is 24.3 Å². The maximum atomic E-state index is 12.1. The lowest BCUT2D eigenvalue weighted by atomic mass is 10.0. The van der Waals surface area contributed by atoms with E-state index in [1.165, 1.54) is 25.3 Å². The number of hydrogen-bond donors (Lipinski definition) is 2. The molecule has 0 spiro atoms. The summed E-state index contributed by atoms with van der Waals surface area (Å²) in [6, 6.07) is 17.2. The molecule has 0 atom stereocenters. The normalized spacial score (nSPS) is 10.4. The zero-order valence-electron chi connectivity index (χ0n) is 19.6. The Morgan fingerprint density at radius 1 is 0.972 bits per heavy atom. The van der Waals surface area contributed by atoms with E-state index in [0.717, 1.165) is 11.1 Å². The fourth-order valence-corrected chi connectivity index (χ4v) is 3.23. The number of esters is 2. The summed E-state index contributed by atoms with van der Waals surface area (Å²) in [6.07, 6.45) is 4.86. The first-order valence-corrected chi connectivity index (χ1v) is 10.9. The maximum absolute atomic E-state index is 12.1. The monoisotopic (exact) mass is 487 g/mol. The molecule has 4 N–H and O–H groups in total. The quantitative estimate of drug-likeness (QED) is 0.106. The Morgan fingerprint density at radius 2 is 1.72 bits per heavy atom. The molecule has 0 saturated carbocycles. The third-order valence-electron chi connectivity index (χ3n) is 5.01. The van der Waals surface area contributed by atoms with Gasteiger partial charge in [-0.2, -0.15) is 0 Å². The van der Waals surface area contributed by atoms with Gasteiger partial charge in [-0.25, -0.2) is 4.79 Å². The number of nitrogens with zero attached hydrogens (tertiary/aromatic N) is 1. The van der Waals surface area contributed by atoms with Gasteiger partial charge in [0.15, 0.2) is 5.75 Å². The first kappa shape index (κ1) is 25.6. The number of nitriles is 1. The zero-order chi connectivity index (χ0) is 25.9. The number of benzene rings is 3. The van der Waals surface area contributed by atoms with Crippen molar-refractivity contribution in [3.63, 3.8) is 0 Å². The van der Waals surface area contributed by atoms with Crippen LogP contribution < -0.4 is 25.7 Å². The molecule has 0 fully saturated rings. The topological polar surface area (TPSA) is 147 Å². The van der Waals surface area contributed by atoms with Crippen LogP contribution in [0.2, 0.25) is 0 Å². The van der Waals surface area contributed by atoms with Gasteiger partial charge in [0, 0.05) is 23.7 Å². The lowest BCUT2D eigenvalue weighted by Gasteiger charge is -2.09. The van der Waals surface area contributed by atoms with Crippen molar-refractivity contribution in [2.24, 2.45) is 0 Å². The van der Waals surface area contributed by atoms with Crippen LogP contribution in [0.5, 0.6) is 17.2 Å². The third kappa shape index (κ3) is 7.27. The van der Waals surface area contributed by atoms with Crippen LogP contribution in [0.3, 0.4) is 0 Å². The van der Waals surface area contributed by atoms with E-state index in [4.69, 9.17) is 35.7 Å². The second-order valence-electron chi connectivity index (χ2n) is 7.55. The predicted octanol–water partition coefficient (Wildman–Crippen LogP) is 4.33. The van der Waals surface area contributed by atoms with Crippen LogP contribution in [0.25, 0.3) is 17.2 Å². The molecule has 0 aliphatic rings. The van der Waals surface area contributed by atoms with Crippen molar-refractivity contribution in [2.45, 2.75) is 12.8 Å². The molecule has 184 valence electrons. The van der Waals surface area contributed by atoms with Gasteiger partial charge in [-0.05, 0) is 60.0 Å². The number of hydrogen-bond acceptors (Lipinski definition) is 9. The van der Waals surface area contributed by atoms with Crippen LogP contribution in [-0.4, -0.2) is 25.7 Å². The Morgan fingerprint density at radius 3 is 2.42 bits per heavy atom. The zero-order valence-corrected chi connectivity index (χ0v) is 19.6. The third-order valence-corrected chi connectivity index (χ3v) is 5.01. The number of nitrogens with two attached hydrogens (primary N) is 2. The fourth-order valence-electron chi connectivity index (χ4n) is 3.23. The molecule has 36 heavy (non-hydrogen) atoms. The Kier molecular flexibility index (Phi) is 8.89. The van der Waals surface area contributed by atoms with E-state index in [2.05, 4.69) is 0 Å². The second kappa shape index (κ2) is 12.5. The molecule has 0 unspecified atom stereocenters. The molecule has 0 heterocycles. The number of anilines is 2. The van der Waals surface area contributed by atoms with E-state index in [-0.39, 0.29) is 24.5 Å². The average molecular weight is 488 g/mol. The molecule has 3 rings (SSSR count). The largest absolute Gasteiger partial charge is 0.496 e. The molecule has 0 amide bonds. The molecule has 9 heteroatoms. The first-order chi connectivity index (χ1) is 17.4. The van der Waals surface area contributed by atoms with Crippen LogP contribution in [-0.2, 0) is 14.3 Å². The molecule has 0 radical (unpaired) electrons. The SMILES string of the molecule is COc1cc(-c2ccc(OC#N)cc2)ccc1/C=C/C(=O)OCCCC(=O)Oc1ccc(N)cc1N. The maximum Gasteiger partial charge on any atom is 0.330 e. The summed E-state index contributed by atoms with van der Waals surface area (Å²) in [7, 11) is 1.54. The molecule has 0 aromatic heterocycles. The van der Waals surface area contributed by atoms with Crippen molar-refractivity contribution in [1.82, 2.24) is 0 Å². The Hall–Kier alpha value is -4.97. The lowest BCUT2D eigenvalue weighted by molar-refractivity contribution is -0.140. The Bertz CT molecular complexity index is 1300. The second-order valence-corrected chi connectivity index (χ2v) is 7.55. The van der Waals surface area contributed by atoms with Crippen LogP contribution in [0, 0.1) is 11.5 Å². The number of ether oxygens (including phenoxy) is 4. The van der Waals surface area contributed by atoms with Gasteiger partial charge in [-0.15, -0.1) is 5.26 Å². The summed E-state index contributed by atoms with van der Waals surface area (Å²) in [6.45, 7) is 0.0527. The average Bonchev–Trinajstić information content (AvgIpc) is 2.87. The van der Waals surface area contributed by atoms with E-state index >= 15 is 0 Å². The molecule has 0 bridgehead atoms. The van der Waals surface area contributed by atoms with Crippen molar-refractivity contribution in [3.05, 3.63) is 72.3 Å². The number of methoxy groups -OCH3 is 1. The van der Waals surface area contributed by atoms with Crippen molar-refractivity contribution in [1.29, 1.82) is 5.26 Å². The van der Waals surface area contributed by atoms with Gasteiger partial charge in [0.1, 0.15) is 11.5 Å². The van der Waals surface area contributed by atoms with Gasteiger partial charge < -0.3 is 30.4 Å². The molecule has 3 aromatic carbocycles. The summed E-state index contributed by atoms with van der Waals surface area (Å²) in [5, 5.41) is 8.59. The van der Waals surface area contributed by atoms with Gasteiger partial charge in [0.05, 0.1) is 19.4 Å².